The molecule has 2 heterocycles. The lowest BCUT2D eigenvalue weighted by Crippen LogP contribution is -2.08. The summed E-state index contributed by atoms with van der Waals surface area (Å²) < 4.78 is 0. The number of nitrogens with one attached hydrogen (secondary N) is 2. The van der Waals surface area contributed by atoms with Crippen LogP contribution in [0.2, 0.25) is 0 Å². The summed E-state index contributed by atoms with van der Waals surface area (Å²) in [6.45, 7) is 0. The van der Waals surface area contributed by atoms with E-state index in [1.54, 1.807) is 6.07 Å². The summed E-state index contributed by atoms with van der Waals surface area (Å²) in [7, 11) is 0. The number of imidazole rings is 1. The number of H-pyrrole nitrogens is 2. The predicted molar refractivity (Wildman–Crippen MR) is 45.5 cm³/mol. The van der Waals surface area contributed by atoms with Crippen molar-refractivity contribution in [1.82, 2.24) is 15.0 Å². The molecule has 0 saturated heterocycles. The normalized spacial score (nSPS) is 10.7. The molecule has 0 aliphatic heterocycles. The van der Waals surface area contributed by atoms with Crippen LogP contribution in [0.4, 0.5) is 11.8 Å². The van der Waals surface area contributed by atoms with Crippen LogP contribution >= 0.6 is 0 Å². The van der Waals surface area contributed by atoms with E-state index in [4.69, 9.17) is 11.5 Å². The van der Waals surface area contributed by atoms with Crippen LogP contribution < -0.4 is 17.0 Å². The molecule has 0 saturated carbocycles. The average Bonchev–Trinajstić information content (AvgIpc) is 2.29. The first kappa shape index (κ1) is 6.71. The maximum Gasteiger partial charge on any atom is 0.277 e. The highest BCUT2D eigenvalue weighted by Gasteiger charge is 2.03. The molecule has 0 fully saturated rings. The predicted octanol–water partition coefficient (Wildman–Crippen LogP) is -0.584. The standard InChI is InChI=1S/C6H7N5O/c7-3-1-2-4(5(12)10-3)11-6(8)9-2/h1H,(H3,7,10,12)(H3,8,9,11). The third-order valence-electron chi connectivity index (χ3n) is 1.52. The molecule has 0 bridgehead atoms. The first-order valence-corrected chi connectivity index (χ1v) is 3.31. The number of anilines is 2. The van der Waals surface area contributed by atoms with E-state index >= 15 is 0 Å². The molecule has 0 amide bonds. The van der Waals surface area contributed by atoms with Crippen molar-refractivity contribution >= 4 is 22.8 Å². The van der Waals surface area contributed by atoms with Gasteiger partial charge >= 0.3 is 0 Å². The molecule has 2 aromatic heterocycles. The van der Waals surface area contributed by atoms with Gasteiger partial charge in [-0.15, -0.1) is 0 Å². The lowest BCUT2D eigenvalue weighted by atomic mass is 10.4. The fourth-order valence-corrected chi connectivity index (χ4v) is 1.07. The summed E-state index contributed by atoms with van der Waals surface area (Å²) in [6, 6.07) is 1.57. The fourth-order valence-electron chi connectivity index (χ4n) is 1.07. The lowest BCUT2D eigenvalue weighted by molar-refractivity contribution is 1.26. The van der Waals surface area contributed by atoms with Gasteiger partial charge in [0.1, 0.15) is 5.82 Å². The molecular formula is C6H7N5O. The molecular weight excluding hydrogens is 158 g/mol. The molecule has 12 heavy (non-hydrogen) atoms. The summed E-state index contributed by atoms with van der Waals surface area (Å²) in [6.07, 6.45) is 0. The smallest absolute Gasteiger partial charge is 0.277 e. The highest BCUT2D eigenvalue weighted by molar-refractivity contribution is 5.78. The summed E-state index contributed by atoms with van der Waals surface area (Å²) in [4.78, 5) is 20.0. The van der Waals surface area contributed by atoms with Gasteiger partial charge in [0, 0.05) is 6.07 Å². The number of aromatic amines is 2. The van der Waals surface area contributed by atoms with Gasteiger partial charge in [-0.1, -0.05) is 0 Å². The van der Waals surface area contributed by atoms with Gasteiger partial charge in [-0.25, -0.2) is 4.98 Å². The molecule has 0 radical (unpaired) electrons. The summed E-state index contributed by atoms with van der Waals surface area (Å²) in [5, 5.41) is 0. The van der Waals surface area contributed by atoms with Crippen LogP contribution in [-0.4, -0.2) is 15.0 Å². The highest BCUT2D eigenvalue weighted by atomic mass is 16.1. The van der Waals surface area contributed by atoms with E-state index < -0.39 is 0 Å². The maximum atomic E-state index is 11.1. The second-order valence-corrected chi connectivity index (χ2v) is 2.44. The van der Waals surface area contributed by atoms with Crippen LogP contribution in [0.3, 0.4) is 0 Å². The Morgan fingerprint density at radius 3 is 2.83 bits per heavy atom. The third kappa shape index (κ3) is 0.815. The molecule has 0 unspecified atom stereocenters. The van der Waals surface area contributed by atoms with E-state index in [0.29, 0.717) is 5.52 Å². The first-order valence-electron chi connectivity index (χ1n) is 3.31. The molecule has 62 valence electrons. The Morgan fingerprint density at radius 1 is 1.33 bits per heavy atom. The van der Waals surface area contributed by atoms with Crippen molar-refractivity contribution in [3.8, 4) is 0 Å². The molecule has 6 heteroatoms. The van der Waals surface area contributed by atoms with Crippen molar-refractivity contribution in [3.05, 3.63) is 16.4 Å². The number of nitrogens with zero attached hydrogens (tertiary/aromatic N) is 1. The van der Waals surface area contributed by atoms with Gasteiger partial charge in [0.25, 0.3) is 5.56 Å². The van der Waals surface area contributed by atoms with Crippen LogP contribution in [0.25, 0.3) is 11.0 Å². The van der Waals surface area contributed by atoms with Crippen molar-refractivity contribution in [2.45, 2.75) is 0 Å². The minimum Gasteiger partial charge on any atom is -0.385 e. The summed E-state index contributed by atoms with van der Waals surface area (Å²) in [5.41, 5.74) is 11.2. The van der Waals surface area contributed by atoms with Gasteiger partial charge in [-0.05, 0) is 0 Å². The fraction of sp³-hybridized carbons (Fsp3) is 0. The maximum absolute atomic E-state index is 11.1. The number of rotatable bonds is 0. The van der Waals surface area contributed by atoms with Gasteiger partial charge in [-0.3, -0.25) is 4.79 Å². The van der Waals surface area contributed by atoms with E-state index in [1.807, 2.05) is 0 Å². The number of hydrogen-bond donors (Lipinski definition) is 4. The third-order valence-corrected chi connectivity index (χ3v) is 1.52. The van der Waals surface area contributed by atoms with E-state index in [1.165, 1.54) is 0 Å². The number of nitrogen functional groups attached to an aromatic ring is 2. The van der Waals surface area contributed by atoms with E-state index in [0.717, 1.165) is 0 Å². The Kier molecular flexibility index (Phi) is 1.12. The van der Waals surface area contributed by atoms with Gasteiger partial charge in [0.2, 0.25) is 0 Å². The van der Waals surface area contributed by atoms with Crippen molar-refractivity contribution in [1.29, 1.82) is 0 Å². The Labute approximate surface area is 66.6 Å². The van der Waals surface area contributed by atoms with Gasteiger partial charge in [0.05, 0.1) is 5.52 Å². The minimum atomic E-state index is -0.335. The second kappa shape index (κ2) is 2.00. The SMILES string of the molecule is Nc1cc2[nH]c(N)nc2c(=O)[nH]1. The minimum absolute atomic E-state index is 0.209. The molecule has 2 rings (SSSR count). The number of hydrogen-bond acceptors (Lipinski definition) is 4. The second-order valence-electron chi connectivity index (χ2n) is 2.44. The molecule has 0 aromatic carbocycles. The van der Waals surface area contributed by atoms with Crippen molar-refractivity contribution in [2.24, 2.45) is 0 Å². The van der Waals surface area contributed by atoms with Gasteiger partial charge in [-0.2, -0.15) is 0 Å². The van der Waals surface area contributed by atoms with Gasteiger partial charge < -0.3 is 21.4 Å². The monoisotopic (exact) mass is 165 g/mol. The molecule has 2 aromatic rings. The first-order chi connectivity index (χ1) is 5.66. The van der Waals surface area contributed by atoms with Gasteiger partial charge in [0.15, 0.2) is 11.5 Å². The number of pyridine rings is 1. The Balaban J connectivity index is 2.98. The molecule has 0 aliphatic carbocycles. The van der Waals surface area contributed by atoms with E-state index in [2.05, 4.69) is 15.0 Å². The zero-order valence-electron chi connectivity index (χ0n) is 6.09. The Morgan fingerprint density at radius 2 is 2.08 bits per heavy atom. The summed E-state index contributed by atoms with van der Waals surface area (Å²) in [5.74, 6) is 0.497. The van der Waals surface area contributed by atoms with Crippen molar-refractivity contribution in [3.63, 3.8) is 0 Å². The summed E-state index contributed by atoms with van der Waals surface area (Å²) >= 11 is 0. The van der Waals surface area contributed by atoms with E-state index in [-0.39, 0.29) is 22.8 Å². The van der Waals surface area contributed by atoms with Crippen molar-refractivity contribution in [2.75, 3.05) is 11.5 Å². The highest BCUT2D eigenvalue weighted by Crippen LogP contribution is 2.08. The van der Waals surface area contributed by atoms with Crippen LogP contribution in [0, 0.1) is 0 Å². The van der Waals surface area contributed by atoms with Crippen LogP contribution in [0.1, 0.15) is 0 Å². The average molecular weight is 165 g/mol. The Bertz CT molecular complexity index is 482. The topological polar surface area (TPSA) is 114 Å². The van der Waals surface area contributed by atoms with E-state index in [9.17, 15) is 4.79 Å². The molecule has 6 nitrogen and oxygen atoms in total. The molecule has 0 atom stereocenters. The zero-order chi connectivity index (χ0) is 8.72. The number of nitrogens with two attached hydrogens (primary N) is 2. The van der Waals surface area contributed by atoms with Crippen LogP contribution in [0.5, 0.6) is 0 Å². The van der Waals surface area contributed by atoms with Crippen LogP contribution in [0.15, 0.2) is 10.9 Å². The zero-order valence-corrected chi connectivity index (χ0v) is 6.09. The molecule has 0 spiro atoms. The number of fused-ring (bicyclic) bond motifs is 1. The number of aromatic nitrogens is 3. The molecule has 0 aliphatic rings. The lowest BCUT2D eigenvalue weighted by Gasteiger charge is -1.90. The quantitative estimate of drug-likeness (QED) is 0.418. The van der Waals surface area contributed by atoms with Crippen LogP contribution in [-0.2, 0) is 0 Å². The Hall–Kier alpha value is -1.98. The largest absolute Gasteiger partial charge is 0.385 e. The molecule has 6 N–H and O–H groups in total. The van der Waals surface area contributed by atoms with Crippen molar-refractivity contribution < 1.29 is 0 Å².